The van der Waals surface area contributed by atoms with Gasteiger partial charge >= 0.3 is 6.09 Å². The molecule has 0 unspecified atom stereocenters. The lowest BCUT2D eigenvalue weighted by Gasteiger charge is -2.29. The van der Waals surface area contributed by atoms with Crippen LogP contribution in [0.3, 0.4) is 0 Å². The molecule has 2 heterocycles. The number of aryl methyl sites for hydroxylation is 1. The van der Waals surface area contributed by atoms with Gasteiger partial charge in [0.1, 0.15) is 0 Å². The average molecular weight is 436 g/mol. The molecule has 144 valence electrons. The van der Waals surface area contributed by atoms with Gasteiger partial charge in [-0.2, -0.15) is 0 Å². The number of ether oxygens (including phenoxy) is 1. The first-order valence-corrected chi connectivity index (χ1v) is 10.2. The fourth-order valence-corrected chi connectivity index (χ4v) is 4.64. The van der Waals surface area contributed by atoms with Gasteiger partial charge in [0.05, 0.1) is 20.9 Å². The first kappa shape index (κ1) is 19.0. The van der Waals surface area contributed by atoms with Crippen LogP contribution >= 0.6 is 34.5 Å². The molecule has 1 N–H and O–H groups in total. The van der Waals surface area contributed by atoms with Crippen LogP contribution in [0.1, 0.15) is 12.0 Å². The molecular weight excluding hydrogens is 421 g/mol. The lowest BCUT2D eigenvalue weighted by atomic mass is 10.0. The van der Waals surface area contributed by atoms with Gasteiger partial charge in [-0.1, -0.05) is 46.7 Å². The summed E-state index contributed by atoms with van der Waals surface area (Å²) in [7, 11) is 0. The van der Waals surface area contributed by atoms with Crippen molar-refractivity contribution in [1.29, 1.82) is 0 Å². The highest BCUT2D eigenvalue weighted by Gasteiger charge is 2.27. The molecule has 3 aromatic rings. The second-order valence-electron chi connectivity index (χ2n) is 6.24. The van der Waals surface area contributed by atoms with Crippen molar-refractivity contribution in [2.75, 3.05) is 23.4 Å². The highest BCUT2D eigenvalue weighted by atomic mass is 35.5. The molecule has 0 saturated carbocycles. The minimum Gasteiger partial charge on any atom is -0.439 e. The standard InChI is InChI=1S/C19H15Cl2N3O3S/c20-12-8-11-4-3-7-24(17(11)13(21)9-12)19(26)27-10-16(25)23-18-22-14-5-1-2-6-15(14)28-18/h1-2,5-6,8-9H,3-4,7,10H2,(H,22,23,25). The van der Waals surface area contributed by atoms with Gasteiger partial charge in [0, 0.05) is 11.6 Å². The highest BCUT2D eigenvalue weighted by molar-refractivity contribution is 7.22. The molecular formula is C19H15Cl2N3O3S. The van der Waals surface area contributed by atoms with Crippen LogP contribution in [-0.2, 0) is 16.0 Å². The van der Waals surface area contributed by atoms with Crippen LogP contribution in [0.15, 0.2) is 36.4 Å². The Balaban J connectivity index is 1.40. The van der Waals surface area contributed by atoms with Crippen molar-refractivity contribution in [3.05, 3.63) is 52.0 Å². The first-order chi connectivity index (χ1) is 13.5. The third-order valence-electron chi connectivity index (χ3n) is 4.29. The molecule has 1 aliphatic rings. The Bertz CT molecular complexity index is 1040. The summed E-state index contributed by atoms with van der Waals surface area (Å²) in [6.45, 7) is 0.0540. The number of nitrogens with one attached hydrogen (secondary N) is 1. The van der Waals surface area contributed by atoms with Gasteiger partial charge < -0.3 is 4.74 Å². The number of halogens is 2. The summed E-state index contributed by atoms with van der Waals surface area (Å²) >= 11 is 13.7. The first-order valence-electron chi connectivity index (χ1n) is 8.59. The van der Waals surface area contributed by atoms with E-state index in [1.807, 2.05) is 24.3 Å². The second-order valence-corrected chi connectivity index (χ2v) is 8.11. The number of hydrogen-bond donors (Lipinski definition) is 1. The zero-order chi connectivity index (χ0) is 19.7. The molecule has 2 amide bonds. The van der Waals surface area contributed by atoms with E-state index in [1.54, 1.807) is 12.1 Å². The fraction of sp³-hybridized carbons (Fsp3) is 0.211. The Hall–Kier alpha value is -2.35. The summed E-state index contributed by atoms with van der Waals surface area (Å²) < 4.78 is 6.16. The number of benzene rings is 2. The summed E-state index contributed by atoms with van der Waals surface area (Å²) in [6.07, 6.45) is 0.915. The lowest BCUT2D eigenvalue weighted by Crippen LogP contribution is -2.37. The molecule has 0 radical (unpaired) electrons. The van der Waals surface area contributed by atoms with E-state index < -0.39 is 18.6 Å². The third-order valence-corrected chi connectivity index (χ3v) is 5.75. The number of anilines is 2. The van der Waals surface area contributed by atoms with Gasteiger partial charge in [0.25, 0.3) is 5.91 Å². The van der Waals surface area contributed by atoms with Crippen molar-refractivity contribution in [2.24, 2.45) is 0 Å². The molecule has 0 spiro atoms. The van der Waals surface area contributed by atoms with E-state index in [0.717, 1.165) is 28.6 Å². The van der Waals surface area contributed by atoms with E-state index in [2.05, 4.69) is 10.3 Å². The summed E-state index contributed by atoms with van der Waals surface area (Å²) in [4.78, 5) is 30.4. The molecule has 4 rings (SSSR count). The van der Waals surface area contributed by atoms with E-state index in [9.17, 15) is 9.59 Å². The molecule has 1 aromatic heterocycles. The molecule has 0 bridgehead atoms. The number of carbonyl (C=O) groups excluding carboxylic acids is 2. The molecule has 0 atom stereocenters. The minimum absolute atomic E-state index is 0.387. The van der Waals surface area contributed by atoms with Crippen LogP contribution in [0.2, 0.25) is 10.0 Å². The summed E-state index contributed by atoms with van der Waals surface area (Å²) in [5.74, 6) is -0.452. The number of aromatic nitrogens is 1. The Morgan fingerprint density at radius 1 is 1.25 bits per heavy atom. The van der Waals surface area contributed by atoms with Crippen LogP contribution in [0.5, 0.6) is 0 Å². The van der Waals surface area contributed by atoms with Gasteiger partial charge in [-0.25, -0.2) is 9.78 Å². The number of rotatable bonds is 3. The Morgan fingerprint density at radius 3 is 2.89 bits per heavy atom. The van der Waals surface area contributed by atoms with Crippen LogP contribution in [0.25, 0.3) is 10.2 Å². The predicted octanol–water partition coefficient (Wildman–Crippen LogP) is 5.13. The zero-order valence-corrected chi connectivity index (χ0v) is 16.9. The topological polar surface area (TPSA) is 71.5 Å². The number of fused-ring (bicyclic) bond motifs is 2. The smallest absolute Gasteiger partial charge is 0.414 e. The van der Waals surface area contributed by atoms with Crippen molar-refractivity contribution >= 4 is 67.6 Å². The number of carbonyl (C=O) groups is 2. The average Bonchev–Trinajstić information content (AvgIpc) is 3.07. The van der Waals surface area contributed by atoms with E-state index >= 15 is 0 Å². The maximum absolute atomic E-state index is 12.5. The molecule has 9 heteroatoms. The maximum atomic E-state index is 12.5. The Kier molecular flexibility index (Phi) is 5.39. The van der Waals surface area contributed by atoms with E-state index in [4.69, 9.17) is 27.9 Å². The highest BCUT2D eigenvalue weighted by Crippen LogP contribution is 2.37. The second kappa shape index (κ2) is 7.95. The van der Waals surface area contributed by atoms with Gasteiger partial charge in [-0.15, -0.1) is 0 Å². The van der Waals surface area contributed by atoms with E-state index in [0.29, 0.717) is 27.4 Å². The van der Waals surface area contributed by atoms with Gasteiger partial charge in [-0.3, -0.25) is 15.0 Å². The van der Waals surface area contributed by atoms with Crippen molar-refractivity contribution < 1.29 is 14.3 Å². The number of para-hydroxylation sites is 1. The Labute approximate surface area is 175 Å². The number of thiazole rings is 1. The van der Waals surface area contributed by atoms with Crippen molar-refractivity contribution in [3.8, 4) is 0 Å². The predicted molar refractivity (Wildman–Crippen MR) is 112 cm³/mol. The largest absolute Gasteiger partial charge is 0.439 e. The van der Waals surface area contributed by atoms with Crippen LogP contribution in [0.4, 0.5) is 15.6 Å². The lowest BCUT2D eigenvalue weighted by molar-refractivity contribution is -0.118. The summed E-state index contributed by atoms with van der Waals surface area (Å²) in [5, 5.41) is 4.03. The van der Waals surface area contributed by atoms with E-state index in [-0.39, 0.29) is 0 Å². The SMILES string of the molecule is O=C(COC(=O)N1CCCc2cc(Cl)cc(Cl)c21)Nc1nc2ccccc2s1. The maximum Gasteiger partial charge on any atom is 0.414 e. The van der Waals surface area contributed by atoms with E-state index in [1.165, 1.54) is 16.2 Å². The molecule has 1 aliphatic heterocycles. The van der Waals surface area contributed by atoms with Crippen LogP contribution < -0.4 is 10.2 Å². The fourth-order valence-electron chi connectivity index (χ4n) is 3.12. The number of hydrogen-bond acceptors (Lipinski definition) is 5. The normalized spacial score (nSPS) is 13.3. The van der Waals surface area contributed by atoms with Crippen molar-refractivity contribution in [2.45, 2.75) is 12.8 Å². The molecule has 0 aliphatic carbocycles. The van der Waals surface area contributed by atoms with Crippen LogP contribution in [0, 0.1) is 0 Å². The monoisotopic (exact) mass is 435 g/mol. The molecule has 2 aromatic carbocycles. The number of nitrogens with zero attached hydrogens (tertiary/aromatic N) is 2. The minimum atomic E-state index is -0.621. The number of amides is 2. The van der Waals surface area contributed by atoms with Gasteiger partial charge in [-0.05, 0) is 42.7 Å². The van der Waals surface area contributed by atoms with Crippen LogP contribution in [-0.4, -0.2) is 30.1 Å². The summed E-state index contributed by atoms with van der Waals surface area (Å²) in [5.41, 5.74) is 2.28. The third kappa shape index (κ3) is 3.92. The zero-order valence-electron chi connectivity index (χ0n) is 14.6. The quantitative estimate of drug-likeness (QED) is 0.618. The van der Waals surface area contributed by atoms with Gasteiger partial charge in [0.2, 0.25) is 0 Å². The molecule has 6 nitrogen and oxygen atoms in total. The van der Waals surface area contributed by atoms with Crippen molar-refractivity contribution in [1.82, 2.24) is 4.98 Å². The van der Waals surface area contributed by atoms with Gasteiger partial charge in [0.15, 0.2) is 11.7 Å². The Morgan fingerprint density at radius 2 is 2.07 bits per heavy atom. The molecule has 28 heavy (non-hydrogen) atoms. The molecule has 0 fully saturated rings. The summed E-state index contributed by atoms with van der Waals surface area (Å²) in [6, 6.07) is 11.0. The molecule has 0 saturated heterocycles. The van der Waals surface area contributed by atoms with Crippen molar-refractivity contribution in [3.63, 3.8) is 0 Å².